The summed E-state index contributed by atoms with van der Waals surface area (Å²) in [5.41, 5.74) is 2.85. The van der Waals surface area contributed by atoms with Crippen LogP contribution in [0.4, 0.5) is 5.82 Å². The Kier molecular flexibility index (Phi) is 5.18. The molecule has 164 valence electrons. The van der Waals surface area contributed by atoms with Gasteiger partial charge in [0.25, 0.3) is 11.8 Å². The molecule has 3 heterocycles. The van der Waals surface area contributed by atoms with Gasteiger partial charge in [0.2, 0.25) is 5.88 Å². The monoisotopic (exact) mass is 426 g/mol. The zero-order valence-electron chi connectivity index (χ0n) is 17.7. The summed E-state index contributed by atoms with van der Waals surface area (Å²) in [6, 6.07) is 3.53. The van der Waals surface area contributed by atoms with Gasteiger partial charge in [-0.1, -0.05) is 20.8 Å². The van der Waals surface area contributed by atoms with Crippen molar-refractivity contribution >= 4 is 17.6 Å². The lowest BCUT2D eigenvalue weighted by Gasteiger charge is -2.42. The average molecular weight is 426 g/mol. The topological polar surface area (TPSA) is 147 Å². The van der Waals surface area contributed by atoms with Crippen LogP contribution in [-0.4, -0.2) is 61.7 Å². The lowest BCUT2D eigenvalue weighted by Crippen LogP contribution is -2.58. The lowest BCUT2D eigenvalue weighted by atomic mass is 9.95. The van der Waals surface area contributed by atoms with Crippen LogP contribution < -0.4 is 16.1 Å². The highest BCUT2D eigenvalue weighted by atomic mass is 16.3. The molecule has 2 aliphatic heterocycles. The van der Waals surface area contributed by atoms with Crippen molar-refractivity contribution in [2.45, 2.75) is 58.4 Å². The van der Waals surface area contributed by atoms with Gasteiger partial charge in [-0.25, -0.2) is 20.4 Å². The van der Waals surface area contributed by atoms with E-state index in [9.17, 15) is 14.7 Å². The zero-order chi connectivity index (χ0) is 22.3. The van der Waals surface area contributed by atoms with Gasteiger partial charge in [0.05, 0.1) is 6.17 Å². The quantitative estimate of drug-likeness (QED) is 0.496. The molecule has 0 radical (unpaired) electrons. The molecule has 1 aromatic heterocycles. The minimum Gasteiger partial charge on any atom is -0.494 e. The molecule has 2 unspecified atom stereocenters. The van der Waals surface area contributed by atoms with E-state index in [0.717, 1.165) is 12.8 Å². The Labute approximate surface area is 180 Å². The van der Waals surface area contributed by atoms with Gasteiger partial charge in [0.1, 0.15) is 30.1 Å². The number of amides is 2. The molecule has 4 N–H and O–H groups in total. The summed E-state index contributed by atoms with van der Waals surface area (Å²) in [4.78, 5) is 35.5. The van der Waals surface area contributed by atoms with Crippen LogP contribution in [0.1, 0.15) is 45.7 Å². The average Bonchev–Trinajstić information content (AvgIpc) is 3.41. The molecule has 11 heteroatoms. The third-order valence-electron chi connectivity index (χ3n) is 5.22. The second kappa shape index (κ2) is 7.70. The predicted molar refractivity (Wildman–Crippen MR) is 110 cm³/mol. The summed E-state index contributed by atoms with van der Waals surface area (Å²) >= 11 is 0. The van der Waals surface area contributed by atoms with Crippen molar-refractivity contribution in [2.75, 3.05) is 11.9 Å². The molecule has 4 rings (SSSR count). The van der Waals surface area contributed by atoms with Gasteiger partial charge in [-0.15, -0.1) is 0 Å². The lowest BCUT2D eigenvalue weighted by molar-refractivity contribution is -0.142. The number of rotatable bonds is 5. The first-order valence-corrected chi connectivity index (χ1v) is 10.3. The molecule has 1 aromatic rings. The van der Waals surface area contributed by atoms with E-state index in [2.05, 4.69) is 26.0 Å². The zero-order valence-corrected chi connectivity index (χ0v) is 17.7. The number of anilines is 1. The molecule has 1 saturated carbocycles. The van der Waals surface area contributed by atoms with E-state index < -0.39 is 24.1 Å². The smallest absolute Gasteiger partial charge is 0.281 e. The summed E-state index contributed by atoms with van der Waals surface area (Å²) < 4.78 is 0. The van der Waals surface area contributed by atoms with E-state index in [1.807, 2.05) is 26.8 Å². The largest absolute Gasteiger partial charge is 0.494 e. The third kappa shape index (κ3) is 4.39. The molecule has 1 aliphatic carbocycles. The Morgan fingerprint density at radius 2 is 2.13 bits per heavy atom. The fraction of sp³-hybridized carbons (Fsp3) is 0.550. The van der Waals surface area contributed by atoms with Crippen molar-refractivity contribution in [1.82, 2.24) is 30.6 Å². The maximum Gasteiger partial charge on any atom is 0.281 e. The van der Waals surface area contributed by atoms with Crippen molar-refractivity contribution < 1.29 is 14.7 Å². The number of nitrogens with one attached hydrogen (secondary N) is 3. The van der Waals surface area contributed by atoms with Gasteiger partial charge >= 0.3 is 0 Å². The number of carbonyl (C=O) groups excluding carboxylic acids is 2. The van der Waals surface area contributed by atoms with Crippen molar-refractivity contribution in [3.05, 3.63) is 29.5 Å². The molecular weight excluding hydrogens is 400 g/mol. The number of aliphatic hydroxyl groups is 1. The van der Waals surface area contributed by atoms with Crippen LogP contribution in [0, 0.1) is 16.7 Å². The standard InChI is InChI=1S/C20H26N8O3/c1-20(2,3)9-27-15-7-14(25-13-6-12(8-21)22-10-23-13)26-28(15)19(31)16(18(27)30)17(29)24-11-4-5-11/h6,10-11,14-15,26,30H,4-5,7,9H2,1-3H3,(H,24,29)(H,22,23,25). The molecule has 0 bridgehead atoms. The highest BCUT2D eigenvalue weighted by molar-refractivity contribution is 6.19. The summed E-state index contributed by atoms with van der Waals surface area (Å²) in [5, 5.41) is 27.3. The van der Waals surface area contributed by atoms with Gasteiger partial charge in [0, 0.05) is 25.1 Å². The summed E-state index contributed by atoms with van der Waals surface area (Å²) in [6.07, 6.45) is 2.57. The normalized spacial score (nSPS) is 23.5. The molecule has 0 spiro atoms. The van der Waals surface area contributed by atoms with E-state index in [-0.39, 0.29) is 28.6 Å². The summed E-state index contributed by atoms with van der Waals surface area (Å²) in [6.45, 7) is 6.50. The van der Waals surface area contributed by atoms with Crippen molar-refractivity contribution in [2.24, 2.45) is 5.41 Å². The fourth-order valence-corrected chi connectivity index (χ4v) is 3.73. The van der Waals surface area contributed by atoms with Crippen LogP contribution in [0.2, 0.25) is 0 Å². The number of nitriles is 1. The number of aliphatic hydroxyl groups excluding tert-OH is 1. The van der Waals surface area contributed by atoms with Crippen LogP contribution in [0.25, 0.3) is 0 Å². The molecule has 11 nitrogen and oxygen atoms in total. The molecular formula is C20H26N8O3. The van der Waals surface area contributed by atoms with Gasteiger partial charge in [0.15, 0.2) is 5.57 Å². The first kappa shape index (κ1) is 20.9. The number of carbonyl (C=O) groups is 2. The Bertz CT molecular complexity index is 975. The van der Waals surface area contributed by atoms with Crippen molar-refractivity contribution in [1.29, 1.82) is 5.26 Å². The van der Waals surface area contributed by atoms with E-state index in [1.165, 1.54) is 17.4 Å². The van der Waals surface area contributed by atoms with Crippen LogP contribution in [-0.2, 0) is 9.59 Å². The number of hydrazine groups is 1. The SMILES string of the molecule is CC(C)(C)CN1C(O)=C(C(=O)NC2CC2)C(=O)N2NC(Nc3cc(C#N)ncn3)CC12. The highest BCUT2D eigenvalue weighted by Gasteiger charge is 2.49. The van der Waals surface area contributed by atoms with Gasteiger partial charge in [-0.2, -0.15) is 5.26 Å². The Morgan fingerprint density at radius 3 is 2.77 bits per heavy atom. The van der Waals surface area contributed by atoms with Crippen LogP contribution in [0.5, 0.6) is 0 Å². The summed E-state index contributed by atoms with van der Waals surface area (Å²) in [7, 11) is 0. The van der Waals surface area contributed by atoms with E-state index in [4.69, 9.17) is 5.26 Å². The van der Waals surface area contributed by atoms with Gasteiger partial charge in [-0.05, 0) is 18.3 Å². The number of hydrogen-bond acceptors (Lipinski definition) is 9. The van der Waals surface area contributed by atoms with E-state index in [0.29, 0.717) is 18.8 Å². The maximum absolute atomic E-state index is 13.1. The predicted octanol–water partition coefficient (Wildman–Crippen LogP) is 0.559. The minimum atomic E-state index is -0.574. The van der Waals surface area contributed by atoms with Gasteiger partial charge < -0.3 is 20.6 Å². The van der Waals surface area contributed by atoms with Crippen LogP contribution in [0.3, 0.4) is 0 Å². The molecule has 2 fully saturated rings. The molecule has 1 saturated heterocycles. The number of aromatic nitrogens is 2. The second-order valence-corrected chi connectivity index (χ2v) is 9.25. The third-order valence-corrected chi connectivity index (χ3v) is 5.22. The van der Waals surface area contributed by atoms with Crippen molar-refractivity contribution in [3.8, 4) is 6.07 Å². The molecule has 0 aromatic carbocycles. The molecule has 2 amide bonds. The summed E-state index contributed by atoms with van der Waals surface area (Å²) in [5.74, 6) is -0.997. The second-order valence-electron chi connectivity index (χ2n) is 9.25. The van der Waals surface area contributed by atoms with E-state index >= 15 is 0 Å². The van der Waals surface area contributed by atoms with Crippen molar-refractivity contribution in [3.63, 3.8) is 0 Å². The van der Waals surface area contributed by atoms with Gasteiger partial charge in [-0.3, -0.25) is 9.59 Å². The van der Waals surface area contributed by atoms with E-state index in [1.54, 1.807) is 4.90 Å². The minimum absolute atomic E-state index is 0.0578. The Morgan fingerprint density at radius 1 is 1.39 bits per heavy atom. The first-order chi connectivity index (χ1) is 14.7. The number of nitrogens with zero attached hydrogens (tertiary/aromatic N) is 5. The fourth-order valence-electron chi connectivity index (χ4n) is 3.73. The first-order valence-electron chi connectivity index (χ1n) is 10.3. The maximum atomic E-state index is 13.1. The molecule has 31 heavy (non-hydrogen) atoms. The number of hydrogen-bond donors (Lipinski definition) is 4. The Balaban J connectivity index is 1.59. The highest BCUT2D eigenvalue weighted by Crippen LogP contribution is 2.33. The molecule has 2 atom stereocenters. The Hall–Kier alpha value is -3.39. The van der Waals surface area contributed by atoms with Crippen LogP contribution in [0.15, 0.2) is 23.8 Å². The van der Waals surface area contributed by atoms with Crippen LogP contribution >= 0.6 is 0 Å². The molecule has 3 aliphatic rings. The number of fused-ring (bicyclic) bond motifs is 1.